The van der Waals surface area contributed by atoms with Crippen LogP contribution in [0.3, 0.4) is 0 Å². The third-order valence-corrected chi connectivity index (χ3v) is 12.2. The first-order valence-electron chi connectivity index (χ1n) is 19.4. The van der Waals surface area contributed by atoms with Crippen molar-refractivity contribution in [2.45, 2.75) is 97.3 Å². The fourth-order valence-electron chi connectivity index (χ4n) is 8.32. The molecule has 6 bridgehead atoms. The number of halogens is 3. The van der Waals surface area contributed by atoms with Gasteiger partial charge in [-0.3, -0.25) is 24.4 Å². The van der Waals surface area contributed by atoms with E-state index in [2.05, 4.69) is 40.4 Å². The number of methoxy groups -OCH3 is 1. The molecule has 4 aromatic rings. The molecule has 57 heavy (non-hydrogen) atoms. The van der Waals surface area contributed by atoms with Crippen molar-refractivity contribution in [2.24, 2.45) is 17.3 Å². The van der Waals surface area contributed by atoms with Crippen LogP contribution in [0.15, 0.2) is 41.9 Å². The van der Waals surface area contributed by atoms with Gasteiger partial charge in [-0.05, 0) is 69.9 Å². The molecule has 7 rings (SSSR count). The second kappa shape index (κ2) is 16.1. The highest BCUT2D eigenvalue weighted by atomic mass is 32.1. The lowest BCUT2D eigenvalue weighted by atomic mass is 9.84. The third-order valence-electron chi connectivity index (χ3n) is 11.4. The van der Waals surface area contributed by atoms with Gasteiger partial charge in [-0.15, -0.1) is 11.3 Å². The molecule has 6 heterocycles. The Labute approximate surface area is 333 Å². The number of esters is 1. The lowest BCUT2D eigenvalue weighted by Gasteiger charge is -2.36. The Morgan fingerprint density at radius 2 is 2.02 bits per heavy atom. The summed E-state index contributed by atoms with van der Waals surface area (Å²) in [6.45, 7) is 9.91. The number of cyclic esters (lactones) is 1. The van der Waals surface area contributed by atoms with Crippen LogP contribution in [-0.4, -0.2) is 88.6 Å². The second-order valence-electron chi connectivity index (χ2n) is 16.0. The van der Waals surface area contributed by atoms with E-state index in [4.69, 9.17) is 24.2 Å². The highest BCUT2D eigenvalue weighted by Crippen LogP contribution is 2.43. The number of rotatable bonds is 6. The van der Waals surface area contributed by atoms with Crippen molar-refractivity contribution in [3.8, 4) is 22.5 Å². The first kappa shape index (κ1) is 40.8. The van der Waals surface area contributed by atoms with E-state index in [0.29, 0.717) is 36.5 Å². The van der Waals surface area contributed by atoms with Crippen molar-refractivity contribution in [3.05, 3.63) is 58.2 Å². The van der Waals surface area contributed by atoms with Gasteiger partial charge >= 0.3 is 12.1 Å². The summed E-state index contributed by atoms with van der Waals surface area (Å²) in [5.41, 5.74) is 8.74. The number of carbonyl (C=O) groups is 3. The van der Waals surface area contributed by atoms with Gasteiger partial charge in [0.05, 0.1) is 59.3 Å². The number of hydrogen-bond donors (Lipinski definition) is 2. The Morgan fingerprint density at radius 3 is 2.75 bits per heavy atom. The standard InChI is InChI=1S/C41H49F3N6O6S/c1-7-49-32-13-12-24-16-26(32)27(36(49)25-10-8-14-45-35(25)23(3)54-6)18-40(4,5)21-56-39(53)29-11-9-15-50(48-29)38(52)30(17-33-46-31(24)20-57-33)47-37(51)34-22(2)55-19-28(34)41(42,43)44/h8,10,12-14,16,20,22-23,28-30,34,48H,7,9,11,15,17-19,21H2,1-6H3,(H,47,51)/t22-,23-,28-,29-,30-,34-/m0/s1. The minimum Gasteiger partial charge on any atom is -0.464 e. The Balaban J connectivity index is 1.33. The summed E-state index contributed by atoms with van der Waals surface area (Å²) in [7, 11) is 1.66. The van der Waals surface area contributed by atoms with Gasteiger partial charge in [0.2, 0.25) is 5.91 Å². The van der Waals surface area contributed by atoms with Crippen LogP contribution in [-0.2, 0) is 48.0 Å². The molecule has 306 valence electrons. The van der Waals surface area contributed by atoms with Crippen LogP contribution < -0.4 is 10.7 Å². The Bertz CT molecular complexity index is 2150. The number of hydrazine groups is 1. The normalized spacial score (nSPS) is 24.9. The van der Waals surface area contributed by atoms with Crippen molar-refractivity contribution < 1.29 is 41.8 Å². The highest BCUT2D eigenvalue weighted by molar-refractivity contribution is 7.10. The molecule has 0 saturated carbocycles. The molecule has 2 saturated heterocycles. The van der Waals surface area contributed by atoms with E-state index >= 15 is 0 Å². The molecule has 2 N–H and O–H groups in total. The van der Waals surface area contributed by atoms with E-state index in [0.717, 1.165) is 39.0 Å². The van der Waals surface area contributed by atoms with E-state index in [1.165, 1.54) is 23.3 Å². The molecule has 16 heteroatoms. The van der Waals surface area contributed by atoms with E-state index in [1.807, 2.05) is 38.3 Å². The van der Waals surface area contributed by atoms with Gasteiger partial charge in [-0.25, -0.2) is 10.4 Å². The molecule has 3 aromatic heterocycles. The minimum atomic E-state index is -4.67. The maximum absolute atomic E-state index is 14.2. The van der Waals surface area contributed by atoms with Crippen LogP contribution in [0.2, 0.25) is 0 Å². The van der Waals surface area contributed by atoms with Crippen LogP contribution in [0.25, 0.3) is 33.4 Å². The highest BCUT2D eigenvalue weighted by Gasteiger charge is 2.54. The smallest absolute Gasteiger partial charge is 0.394 e. The molecule has 0 spiro atoms. The van der Waals surface area contributed by atoms with Crippen LogP contribution in [0.5, 0.6) is 0 Å². The van der Waals surface area contributed by atoms with Crippen molar-refractivity contribution >= 4 is 40.0 Å². The number of pyridine rings is 1. The average Bonchev–Trinajstić information content (AvgIpc) is 3.91. The molecule has 0 aliphatic carbocycles. The molecule has 1 aromatic carbocycles. The number of ether oxygens (including phenoxy) is 3. The summed E-state index contributed by atoms with van der Waals surface area (Å²) in [4.78, 5) is 51.2. The van der Waals surface area contributed by atoms with Crippen LogP contribution in [0, 0.1) is 17.3 Å². The lowest BCUT2D eigenvalue weighted by Crippen LogP contribution is -2.61. The lowest BCUT2D eigenvalue weighted by molar-refractivity contribution is -0.185. The van der Waals surface area contributed by atoms with Crippen molar-refractivity contribution in [1.82, 2.24) is 30.3 Å². The molecular formula is C41H49F3N6O6S. The first-order valence-corrected chi connectivity index (χ1v) is 20.3. The van der Waals surface area contributed by atoms with Crippen molar-refractivity contribution in [1.29, 1.82) is 0 Å². The predicted octanol–water partition coefficient (Wildman–Crippen LogP) is 6.42. The summed E-state index contributed by atoms with van der Waals surface area (Å²) in [5, 5.41) is 7.28. The fraction of sp³-hybridized carbons (Fsp3) is 0.537. The summed E-state index contributed by atoms with van der Waals surface area (Å²) < 4.78 is 61.3. The summed E-state index contributed by atoms with van der Waals surface area (Å²) >= 11 is 1.29. The zero-order valence-corrected chi connectivity index (χ0v) is 33.8. The number of amides is 2. The number of aryl methyl sites for hydroxylation is 1. The molecule has 0 radical (unpaired) electrons. The van der Waals surface area contributed by atoms with Crippen molar-refractivity contribution in [3.63, 3.8) is 0 Å². The number of carbonyl (C=O) groups excluding carboxylic acids is 3. The SMILES string of the molecule is CCn1c(-c2cccnc2[C@H](C)OC)c2c3cc(ccc31)-c1csc(n1)C[C@H](NC(=O)[C@H]1[C@H](C)OC[C@@H]1C(F)(F)F)C(=O)N1CCC[C@H](N1)C(=O)OCC(C)(C)C2. The molecule has 3 aliphatic heterocycles. The number of hydrogen-bond acceptors (Lipinski definition) is 10. The molecular weight excluding hydrogens is 762 g/mol. The average molecular weight is 811 g/mol. The number of benzene rings is 1. The Hall–Kier alpha value is -4.38. The van der Waals surface area contributed by atoms with E-state index in [-0.39, 0.29) is 25.7 Å². The van der Waals surface area contributed by atoms with Gasteiger partial charge < -0.3 is 24.1 Å². The minimum absolute atomic E-state index is 0.0827. The Kier molecular flexibility index (Phi) is 11.5. The first-order chi connectivity index (χ1) is 27.1. The number of aromatic nitrogens is 3. The van der Waals surface area contributed by atoms with Gasteiger partial charge in [-0.2, -0.15) is 13.2 Å². The number of fused-ring (bicyclic) bond motifs is 6. The fourth-order valence-corrected chi connectivity index (χ4v) is 9.17. The maximum atomic E-state index is 14.2. The van der Waals surface area contributed by atoms with Gasteiger partial charge in [0.15, 0.2) is 0 Å². The van der Waals surface area contributed by atoms with Crippen LogP contribution in [0.1, 0.15) is 69.8 Å². The number of nitrogens with one attached hydrogen (secondary N) is 2. The van der Waals surface area contributed by atoms with Crippen LogP contribution in [0.4, 0.5) is 13.2 Å². The van der Waals surface area contributed by atoms with Gasteiger partial charge in [-0.1, -0.05) is 19.9 Å². The topological polar surface area (TPSA) is 137 Å². The zero-order chi connectivity index (χ0) is 40.8. The van der Waals surface area contributed by atoms with Gasteiger partial charge in [0.25, 0.3) is 5.91 Å². The third kappa shape index (κ3) is 8.18. The summed E-state index contributed by atoms with van der Waals surface area (Å²) in [5.74, 6) is -5.61. The molecule has 6 atom stereocenters. The van der Waals surface area contributed by atoms with E-state index < -0.39 is 66.0 Å². The Morgan fingerprint density at radius 1 is 1.23 bits per heavy atom. The molecule has 3 aliphatic rings. The molecule has 0 unspecified atom stereocenters. The van der Waals surface area contributed by atoms with Gasteiger partial charge in [0.1, 0.15) is 12.1 Å². The quantitative estimate of drug-likeness (QED) is 0.212. The number of nitrogens with zero attached hydrogens (tertiary/aromatic N) is 4. The number of thiazole rings is 1. The monoisotopic (exact) mass is 810 g/mol. The van der Waals surface area contributed by atoms with E-state index in [9.17, 15) is 27.6 Å². The largest absolute Gasteiger partial charge is 0.464 e. The van der Waals surface area contributed by atoms with Crippen molar-refractivity contribution in [2.75, 3.05) is 26.9 Å². The summed E-state index contributed by atoms with van der Waals surface area (Å²) in [6, 6.07) is 8.00. The molecule has 2 amide bonds. The summed E-state index contributed by atoms with van der Waals surface area (Å²) in [6.07, 6.45) is -2.87. The zero-order valence-electron chi connectivity index (χ0n) is 32.9. The van der Waals surface area contributed by atoms with Crippen LogP contribution >= 0.6 is 11.3 Å². The molecule has 12 nitrogen and oxygen atoms in total. The van der Waals surface area contributed by atoms with Gasteiger partial charge in [0, 0.05) is 65.6 Å². The van der Waals surface area contributed by atoms with E-state index in [1.54, 1.807) is 13.3 Å². The predicted molar refractivity (Wildman–Crippen MR) is 208 cm³/mol. The second-order valence-corrected chi connectivity index (χ2v) is 16.9. The molecule has 2 fully saturated rings. The number of alkyl halides is 3. The maximum Gasteiger partial charge on any atom is 0.394 e.